The Balaban J connectivity index is 1.91. The Hall–Kier alpha value is -2.23. The predicted molar refractivity (Wildman–Crippen MR) is 83.6 cm³/mol. The van der Waals surface area contributed by atoms with Gasteiger partial charge in [0, 0.05) is 5.56 Å². The maximum Gasteiger partial charge on any atom is 0.520 e. The molecule has 6 heteroatoms. The molecule has 0 saturated heterocycles. The van der Waals surface area contributed by atoms with Crippen LogP contribution in [0.1, 0.15) is 27.4 Å². The van der Waals surface area contributed by atoms with E-state index in [0.29, 0.717) is 17.1 Å². The Kier molecular flexibility index (Phi) is 3.40. The Bertz CT molecular complexity index is 802. The molecule has 4 rings (SSSR count). The van der Waals surface area contributed by atoms with Crippen molar-refractivity contribution in [1.29, 1.82) is 0 Å². The van der Waals surface area contributed by atoms with Gasteiger partial charge in [0.2, 0.25) is 12.6 Å². The van der Waals surface area contributed by atoms with E-state index < -0.39 is 13.7 Å². The maximum atomic E-state index is 12.8. The van der Waals surface area contributed by atoms with Crippen LogP contribution in [0.4, 0.5) is 0 Å². The number of hydrogen-bond acceptors (Lipinski definition) is 5. The van der Waals surface area contributed by atoms with Crippen LogP contribution in [-0.4, -0.2) is 25.3 Å². The van der Waals surface area contributed by atoms with E-state index in [1.807, 2.05) is 36.4 Å². The number of ketones is 1. The van der Waals surface area contributed by atoms with Crippen LogP contribution in [-0.2, 0) is 9.09 Å². The summed E-state index contributed by atoms with van der Waals surface area (Å²) in [7, 11) is -0.750. The molecule has 3 atom stereocenters. The van der Waals surface area contributed by atoms with Crippen molar-refractivity contribution in [2.24, 2.45) is 0 Å². The second-order valence-electron chi connectivity index (χ2n) is 5.46. The average Bonchev–Trinajstić information content (AvgIpc) is 3.15. The topological polar surface area (TPSA) is 61.8 Å². The molecule has 1 heterocycles. The maximum absolute atomic E-state index is 12.8. The van der Waals surface area contributed by atoms with Crippen LogP contribution < -0.4 is 9.47 Å². The lowest BCUT2D eigenvalue weighted by Gasteiger charge is -2.12. The predicted octanol–water partition coefficient (Wildman–Crippen LogP) is 3.50. The lowest BCUT2D eigenvalue weighted by molar-refractivity contribution is 0.0991. The molecular formula is C17H14O5P+. The van der Waals surface area contributed by atoms with E-state index in [2.05, 4.69) is 0 Å². The lowest BCUT2D eigenvalue weighted by Crippen LogP contribution is -2.18. The van der Waals surface area contributed by atoms with Crippen molar-refractivity contribution in [2.45, 2.75) is 11.6 Å². The van der Waals surface area contributed by atoms with Gasteiger partial charge in [0.05, 0.1) is 13.0 Å². The van der Waals surface area contributed by atoms with E-state index in [-0.39, 0.29) is 18.5 Å². The normalized spacial score (nSPS) is 22.1. The molecule has 1 aliphatic heterocycles. The first-order chi connectivity index (χ1) is 11.2. The van der Waals surface area contributed by atoms with E-state index in [1.165, 1.54) is 7.11 Å². The van der Waals surface area contributed by atoms with E-state index in [0.717, 1.165) is 11.1 Å². The summed E-state index contributed by atoms with van der Waals surface area (Å²) in [5.74, 6) is 0.690. The number of Topliss-reactive ketones (excluding diaryl/α,β-unsaturated/α-hetero) is 1. The Morgan fingerprint density at radius 3 is 2.52 bits per heavy atom. The molecule has 0 aromatic heterocycles. The number of rotatable bonds is 3. The van der Waals surface area contributed by atoms with Gasteiger partial charge in [-0.25, -0.2) is 0 Å². The third kappa shape index (κ3) is 2.16. The lowest BCUT2D eigenvalue weighted by atomic mass is 9.92. The van der Waals surface area contributed by atoms with Crippen molar-refractivity contribution >= 4 is 13.8 Å². The van der Waals surface area contributed by atoms with Crippen molar-refractivity contribution in [3.05, 3.63) is 59.2 Å². The summed E-state index contributed by atoms with van der Waals surface area (Å²) < 4.78 is 28.2. The van der Waals surface area contributed by atoms with E-state index in [4.69, 9.17) is 14.0 Å². The van der Waals surface area contributed by atoms with Crippen molar-refractivity contribution in [3.63, 3.8) is 0 Å². The van der Waals surface area contributed by atoms with Gasteiger partial charge < -0.3 is 9.47 Å². The van der Waals surface area contributed by atoms with Crippen molar-refractivity contribution in [1.82, 2.24) is 0 Å². The minimum Gasteiger partial charge on any atom is -0.454 e. The molecule has 0 fully saturated rings. The zero-order chi connectivity index (χ0) is 16.0. The summed E-state index contributed by atoms with van der Waals surface area (Å²) in [6, 6.07) is 13.1. The van der Waals surface area contributed by atoms with Crippen LogP contribution in [0.2, 0.25) is 0 Å². The molecule has 0 radical (unpaired) electrons. The van der Waals surface area contributed by atoms with Crippen LogP contribution >= 0.6 is 8.03 Å². The highest BCUT2D eigenvalue weighted by Gasteiger charge is 2.54. The Labute approximate surface area is 134 Å². The van der Waals surface area contributed by atoms with Crippen molar-refractivity contribution < 1.29 is 23.4 Å². The smallest absolute Gasteiger partial charge is 0.454 e. The molecule has 23 heavy (non-hydrogen) atoms. The highest BCUT2D eigenvalue weighted by molar-refractivity contribution is 7.41. The summed E-state index contributed by atoms with van der Waals surface area (Å²) in [6.45, 7) is 0.151. The standard InChI is InChI=1S/C17H14O5P/c1-20-23(19)17-15(10-5-3-2-4-6-10)11-7-13-14(22-9-21-13)8-12(11)16(17)18/h2-8,15,17H,9H2,1H3/q+1. The average molecular weight is 329 g/mol. The molecule has 2 aliphatic rings. The first kappa shape index (κ1) is 14.4. The summed E-state index contributed by atoms with van der Waals surface area (Å²) >= 11 is 0. The molecule has 3 unspecified atom stereocenters. The fraction of sp³-hybridized carbons (Fsp3) is 0.235. The number of hydrogen-bond donors (Lipinski definition) is 0. The second kappa shape index (κ2) is 5.44. The highest BCUT2D eigenvalue weighted by atomic mass is 31.1. The third-order valence-corrected chi connectivity index (χ3v) is 5.64. The largest absolute Gasteiger partial charge is 0.520 e. The first-order valence-electron chi connectivity index (χ1n) is 7.24. The van der Waals surface area contributed by atoms with Crippen LogP contribution in [0.3, 0.4) is 0 Å². The summed E-state index contributed by atoms with van der Waals surface area (Å²) in [5.41, 5.74) is 1.56. The van der Waals surface area contributed by atoms with Gasteiger partial charge >= 0.3 is 8.03 Å². The number of fused-ring (bicyclic) bond motifs is 2. The fourth-order valence-corrected chi connectivity index (χ4v) is 4.40. The molecule has 0 amide bonds. The number of carbonyl (C=O) groups excluding carboxylic acids is 1. The SMILES string of the molecule is CO[P+](=O)C1C(=O)c2cc3c(cc2C1c1ccccc1)OCO3. The molecule has 0 spiro atoms. The van der Waals surface area contributed by atoms with Crippen LogP contribution in [0.25, 0.3) is 0 Å². The van der Waals surface area contributed by atoms with Crippen LogP contribution in [0.5, 0.6) is 11.5 Å². The number of ether oxygens (including phenoxy) is 2. The van der Waals surface area contributed by atoms with E-state index in [1.54, 1.807) is 6.07 Å². The Morgan fingerprint density at radius 2 is 1.83 bits per heavy atom. The quantitative estimate of drug-likeness (QED) is 0.807. The molecule has 2 aromatic carbocycles. The van der Waals surface area contributed by atoms with Crippen molar-refractivity contribution in [2.75, 3.05) is 13.9 Å². The van der Waals surface area contributed by atoms with Gasteiger partial charge in [-0.15, -0.1) is 4.52 Å². The van der Waals surface area contributed by atoms with Gasteiger partial charge in [-0.2, -0.15) is 0 Å². The van der Waals surface area contributed by atoms with Crippen molar-refractivity contribution in [3.8, 4) is 11.5 Å². The van der Waals surface area contributed by atoms with E-state index in [9.17, 15) is 9.36 Å². The van der Waals surface area contributed by atoms with Gasteiger partial charge in [0.25, 0.3) is 5.66 Å². The van der Waals surface area contributed by atoms with Crippen LogP contribution in [0.15, 0.2) is 42.5 Å². The first-order valence-corrected chi connectivity index (χ1v) is 8.48. The van der Waals surface area contributed by atoms with Gasteiger partial charge in [0.1, 0.15) is 0 Å². The summed E-state index contributed by atoms with van der Waals surface area (Å²) in [6.07, 6.45) is 0. The zero-order valence-corrected chi connectivity index (χ0v) is 13.3. The summed E-state index contributed by atoms with van der Waals surface area (Å²) in [4.78, 5) is 12.8. The summed E-state index contributed by atoms with van der Waals surface area (Å²) in [5, 5.41) is 0. The van der Waals surface area contributed by atoms with E-state index >= 15 is 0 Å². The molecule has 116 valence electrons. The third-order valence-electron chi connectivity index (χ3n) is 4.30. The molecular weight excluding hydrogens is 315 g/mol. The molecule has 2 aromatic rings. The Morgan fingerprint density at radius 1 is 1.13 bits per heavy atom. The molecule has 0 N–H and O–H groups in total. The molecule has 5 nitrogen and oxygen atoms in total. The van der Waals surface area contributed by atoms with Gasteiger partial charge in [0.15, 0.2) is 11.5 Å². The monoisotopic (exact) mass is 329 g/mol. The van der Waals surface area contributed by atoms with Crippen LogP contribution in [0, 0.1) is 0 Å². The molecule has 0 bridgehead atoms. The number of benzene rings is 2. The molecule has 0 saturated carbocycles. The second-order valence-corrected chi connectivity index (χ2v) is 6.95. The van der Waals surface area contributed by atoms with Gasteiger partial charge in [-0.1, -0.05) is 30.3 Å². The number of carbonyl (C=O) groups is 1. The fourth-order valence-electron chi connectivity index (χ4n) is 3.26. The van der Waals surface area contributed by atoms with Gasteiger partial charge in [-0.3, -0.25) is 4.79 Å². The minimum absolute atomic E-state index is 0.151. The minimum atomic E-state index is -2.11. The highest BCUT2D eigenvalue weighted by Crippen LogP contribution is 2.52. The van der Waals surface area contributed by atoms with Gasteiger partial charge in [-0.05, 0) is 27.8 Å². The zero-order valence-electron chi connectivity index (χ0n) is 12.4. The molecule has 1 aliphatic carbocycles.